The Morgan fingerprint density at radius 3 is 2.38 bits per heavy atom. The van der Waals surface area contributed by atoms with Crippen molar-refractivity contribution < 1.29 is 22.8 Å². The van der Waals surface area contributed by atoms with Crippen LogP contribution in [0.25, 0.3) is 28.0 Å². The molecule has 0 aliphatic rings. The van der Waals surface area contributed by atoms with Crippen LogP contribution < -0.4 is 11.1 Å². The molecule has 11 heteroatoms. The number of halogens is 3. The van der Waals surface area contributed by atoms with Gasteiger partial charge in [-0.3, -0.25) is 18.7 Å². The fourth-order valence-electron chi connectivity index (χ4n) is 4.10. The molecule has 0 aliphatic heterocycles. The Kier molecular flexibility index (Phi) is 5.75. The minimum Gasteiger partial charge on any atom is -0.364 e. The smallest absolute Gasteiger partial charge is 0.364 e. The largest absolute Gasteiger partial charge is 0.417 e. The summed E-state index contributed by atoms with van der Waals surface area (Å²) in [6, 6.07) is 15.4. The molecule has 0 aliphatic carbocycles. The molecule has 3 aromatic heterocycles. The SMILES string of the molecule is Cn1ccc(-c2cc(C(=O)Nc3c(-c4ccccc4)ccn4c(C(N)=O)cnc34)ccc2C(F)(F)F)n1. The van der Waals surface area contributed by atoms with Gasteiger partial charge in [0.2, 0.25) is 0 Å². The zero-order valence-electron chi connectivity index (χ0n) is 19.3. The Bertz CT molecular complexity index is 1650. The molecule has 0 fully saturated rings. The summed E-state index contributed by atoms with van der Waals surface area (Å²) in [7, 11) is 1.59. The maximum Gasteiger partial charge on any atom is 0.417 e. The highest BCUT2D eigenvalue weighted by Gasteiger charge is 2.34. The molecular weight excluding hydrogens is 485 g/mol. The number of amides is 2. The highest BCUT2D eigenvalue weighted by atomic mass is 19.4. The van der Waals surface area contributed by atoms with Crippen molar-refractivity contribution >= 4 is 23.1 Å². The predicted octanol–water partition coefficient (Wildman–Crippen LogP) is 4.77. The van der Waals surface area contributed by atoms with Crippen molar-refractivity contribution in [2.45, 2.75) is 6.18 Å². The van der Waals surface area contributed by atoms with Gasteiger partial charge in [0.15, 0.2) is 5.65 Å². The topological polar surface area (TPSA) is 107 Å². The third kappa shape index (κ3) is 4.42. The van der Waals surface area contributed by atoms with Crippen LogP contribution in [0, 0.1) is 0 Å². The van der Waals surface area contributed by atoms with E-state index in [4.69, 9.17) is 5.73 Å². The lowest BCUT2D eigenvalue weighted by Crippen LogP contribution is -2.16. The van der Waals surface area contributed by atoms with E-state index in [0.717, 1.165) is 23.8 Å². The van der Waals surface area contributed by atoms with Crippen molar-refractivity contribution in [2.75, 3.05) is 5.32 Å². The number of hydrogen-bond acceptors (Lipinski definition) is 4. The molecule has 0 unspecified atom stereocenters. The fraction of sp³-hybridized carbons (Fsp3) is 0.0769. The zero-order chi connectivity index (χ0) is 26.3. The molecule has 5 aromatic rings. The summed E-state index contributed by atoms with van der Waals surface area (Å²) in [4.78, 5) is 29.5. The number of alkyl halides is 3. The van der Waals surface area contributed by atoms with Crippen molar-refractivity contribution in [1.82, 2.24) is 19.2 Å². The predicted molar refractivity (Wildman–Crippen MR) is 131 cm³/mol. The number of nitrogens with zero attached hydrogens (tertiary/aromatic N) is 4. The van der Waals surface area contributed by atoms with Gasteiger partial charge in [-0.25, -0.2) is 4.98 Å². The number of pyridine rings is 1. The molecule has 0 saturated heterocycles. The summed E-state index contributed by atoms with van der Waals surface area (Å²) >= 11 is 0. The number of aromatic nitrogens is 4. The Hall–Kier alpha value is -4.93. The van der Waals surface area contributed by atoms with E-state index in [9.17, 15) is 22.8 Å². The molecule has 2 aromatic carbocycles. The van der Waals surface area contributed by atoms with E-state index in [0.29, 0.717) is 5.56 Å². The fourth-order valence-corrected chi connectivity index (χ4v) is 4.10. The van der Waals surface area contributed by atoms with E-state index < -0.39 is 23.6 Å². The second-order valence-electron chi connectivity index (χ2n) is 8.26. The molecule has 0 bridgehead atoms. The van der Waals surface area contributed by atoms with Gasteiger partial charge in [0, 0.05) is 36.1 Å². The quantitative estimate of drug-likeness (QED) is 0.359. The number of anilines is 1. The van der Waals surface area contributed by atoms with Gasteiger partial charge in [-0.2, -0.15) is 18.3 Å². The number of fused-ring (bicyclic) bond motifs is 1. The molecule has 5 rings (SSSR count). The maximum atomic E-state index is 13.7. The number of carbonyl (C=O) groups excluding carboxylic acids is 2. The number of rotatable bonds is 5. The summed E-state index contributed by atoms with van der Waals surface area (Å²) in [5.41, 5.74) is 6.36. The average molecular weight is 504 g/mol. The molecule has 2 amide bonds. The van der Waals surface area contributed by atoms with Crippen molar-refractivity contribution in [3.8, 4) is 22.4 Å². The number of imidazole rings is 1. The number of benzene rings is 2. The van der Waals surface area contributed by atoms with Gasteiger partial charge >= 0.3 is 6.18 Å². The monoisotopic (exact) mass is 504 g/mol. The van der Waals surface area contributed by atoms with Crippen molar-refractivity contribution in [2.24, 2.45) is 12.8 Å². The van der Waals surface area contributed by atoms with Crippen LogP contribution in [0.3, 0.4) is 0 Å². The van der Waals surface area contributed by atoms with E-state index in [1.807, 2.05) is 30.3 Å². The minimum atomic E-state index is -4.64. The standard InChI is InChI=1S/C26H19F3N6O2/c1-34-11-10-20(33-34)18-13-16(7-8-19(18)26(27,28)29)25(37)32-22-17(15-5-3-2-4-6-15)9-12-35-21(23(30)36)14-31-24(22)35/h2-14H,1H3,(H2,30,36)(H,32,37). The highest BCUT2D eigenvalue weighted by Crippen LogP contribution is 2.38. The van der Waals surface area contributed by atoms with Gasteiger partial charge in [0.05, 0.1) is 23.1 Å². The number of aryl methyl sites for hydroxylation is 1. The second-order valence-corrected chi connectivity index (χ2v) is 8.26. The van der Waals surface area contributed by atoms with Crippen molar-refractivity contribution in [3.05, 3.63) is 96.1 Å². The van der Waals surface area contributed by atoms with Crippen LogP contribution in [0.1, 0.15) is 26.4 Å². The molecule has 0 spiro atoms. The summed E-state index contributed by atoms with van der Waals surface area (Å²) in [5, 5.41) is 6.86. The molecule has 186 valence electrons. The lowest BCUT2D eigenvalue weighted by atomic mass is 10.00. The van der Waals surface area contributed by atoms with Crippen LogP contribution in [0.15, 0.2) is 79.3 Å². The second kappa shape index (κ2) is 8.94. The Morgan fingerprint density at radius 2 is 1.73 bits per heavy atom. The van der Waals surface area contributed by atoms with E-state index >= 15 is 0 Å². The number of primary amides is 1. The van der Waals surface area contributed by atoms with Gasteiger partial charge < -0.3 is 11.1 Å². The molecule has 3 heterocycles. The summed E-state index contributed by atoms with van der Waals surface area (Å²) in [6.45, 7) is 0. The third-order valence-electron chi connectivity index (χ3n) is 5.83. The highest BCUT2D eigenvalue weighted by molar-refractivity contribution is 6.09. The molecule has 0 radical (unpaired) electrons. The molecule has 0 atom stereocenters. The normalized spacial score (nSPS) is 11.6. The maximum absolute atomic E-state index is 13.7. The first-order valence-electron chi connectivity index (χ1n) is 11.0. The van der Waals surface area contributed by atoms with E-state index in [1.165, 1.54) is 27.5 Å². The van der Waals surface area contributed by atoms with E-state index in [2.05, 4.69) is 15.4 Å². The Morgan fingerprint density at radius 1 is 0.973 bits per heavy atom. The van der Waals surface area contributed by atoms with Crippen molar-refractivity contribution in [3.63, 3.8) is 0 Å². The average Bonchev–Trinajstić information content (AvgIpc) is 3.50. The van der Waals surface area contributed by atoms with E-state index in [-0.39, 0.29) is 33.8 Å². The van der Waals surface area contributed by atoms with Crippen LogP contribution in [0.2, 0.25) is 0 Å². The number of nitrogens with two attached hydrogens (primary N) is 1. The summed E-state index contributed by atoms with van der Waals surface area (Å²) < 4.78 is 44.0. The van der Waals surface area contributed by atoms with Crippen LogP contribution in [0.4, 0.5) is 18.9 Å². The van der Waals surface area contributed by atoms with Gasteiger partial charge in [-0.1, -0.05) is 30.3 Å². The van der Waals surface area contributed by atoms with Gasteiger partial charge in [0.25, 0.3) is 11.8 Å². The molecular formula is C26H19F3N6O2. The van der Waals surface area contributed by atoms with Gasteiger partial charge in [-0.15, -0.1) is 0 Å². The van der Waals surface area contributed by atoms with Crippen LogP contribution >= 0.6 is 0 Å². The summed E-state index contributed by atoms with van der Waals surface area (Å²) in [5.74, 6) is -1.38. The summed E-state index contributed by atoms with van der Waals surface area (Å²) in [6.07, 6.45) is -0.226. The molecule has 37 heavy (non-hydrogen) atoms. The van der Waals surface area contributed by atoms with E-state index in [1.54, 1.807) is 19.3 Å². The number of hydrogen-bond donors (Lipinski definition) is 2. The number of nitrogens with one attached hydrogen (secondary N) is 1. The first-order valence-corrected chi connectivity index (χ1v) is 11.0. The first kappa shape index (κ1) is 23.8. The lowest BCUT2D eigenvalue weighted by Gasteiger charge is -2.15. The lowest BCUT2D eigenvalue weighted by molar-refractivity contribution is -0.137. The Balaban J connectivity index is 1.63. The van der Waals surface area contributed by atoms with Crippen LogP contribution in [-0.2, 0) is 13.2 Å². The molecule has 0 saturated carbocycles. The van der Waals surface area contributed by atoms with Gasteiger partial charge in [-0.05, 0) is 35.9 Å². The minimum absolute atomic E-state index is 0.0173. The third-order valence-corrected chi connectivity index (χ3v) is 5.83. The Labute approximate surface area is 208 Å². The zero-order valence-corrected chi connectivity index (χ0v) is 19.3. The van der Waals surface area contributed by atoms with Crippen LogP contribution in [-0.4, -0.2) is 31.0 Å². The molecule has 3 N–H and O–H groups in total. The number of carbonyl (C=O) groups is 2. The van der Waals surface area contributed by atoms with Gasteiger partial charge in [0.1, 0.15) is 5.69 Å². The van der Waals surface area contributed by atoms with Crippen LogP contribution in [0.5, 0.6) is 0 Å². The molecule has 8 nitrogen and oxygen atoms in total. The van der Waals surface area contributed by atoms with Crippen molar-refractivity contribution in [1.29, 1.82) is 0 Å². The first-order chi connectivity index (χ1) is 17.6.